The van der Waals surface area contributed by atoms with Crippen LogP contribution in [0, 0.1) is 16.1 Å². The number of aromatic amines is 1. The topological polar surface area (TPSA) is 53.7 Å². The quantitative estimate of drug-likeness (QED) is 0.720. The molecule has 4 nitrogen and oxygen atoms in total. The average Bonchev–Trinajstić information content (AvgIpc) is 2.80. The highest BCUT2D eigenvalue weighted by Gasteiger charge is 2.15. The number of benzene rings is 2. The number of imidazole rings is 1. The Kier molecular flexibility index (Phi) is 3.42. The molecule has 0 aliphatic carbocycles. The van der Waals surface area contributed by atoms with E-state index < -0.39 is 0 Å². The Hall–Kier alpha value is -2.29. The monoisotopic (exact) mass is 315 g/mol. The predicted molar refractivity (Wildman–Crippen MR) is 84.7 cm³/mol. The molecule has 0 aliphatic heterocycles. The second-order valence-electron chi connectivity index (χ2n) is 4.40. The second-order valence-corrected chi connectivity index (χ2v) is 5.22. The summed E-state index contributed by atoms with van der Waals surface area (Å²) in [7, 11) is 1.56. The Morgan fingerprint density at radius 3 is 2.86 bits per heavy atom. The number of hydrogen-bond donors (Lipinski definition) is 1. The zero-order valence-electron chi connectivity index (χ0n) is 11.1. The molecule has 0 unspecified atom stereocenters. The highest BCUT2D eigenvalue weighted by molar-refractivity contribution is 7.71. The van der Waals surface area contributed by atoms with Gasteiger partial charge in [-0.3, -0.25) is 4.57 Å². The Balaban J connectivity index is 2.44. The molecule has 21 heavy (non-hydrogen) atoms. The van der Waals surface area contributed by atoms with Crippen molar-refractivity contribution in [2.45, 2.75) is 0 Å². The van der Waals surface area contributed by atoms with Crippen molar-refractivity contribution in [1.82, 2.24) is 9.55 Å². The number of nitrogens with zero attached hydrogens (tertiary/aromatic N) is 2. The molecule has 0 bridgehead atoms. The van der Waals surface area contributed by atoms with Gasteiger partial charge in [0.15, 0.2) is 4.77 Å². The minimum Gasteiger partial charge on any atom is -0.495 e. The number of halogens is 1. The predicted octanol–water partition coefficient (Wildman–Crippen LogP) is 4.22. The summed E-state index contributed by atoms with van der Waals surface area (Å²) < 4.78 is 7.65. The maximum atomic E-state index is 9.36. The van der Waals surface area contributed by atoms with Gasteiger partial charge >= 0.3 is 0 Å². The van der Waals surface area contributed by atoms with Gasteiger partial charge in [0.05, 0.1) is 23.7 Å². The fourth-order valence-corrected chi connectivity index (χ4v) is 2.79. The van der Waals surface area contributed by atoms with Gasteiger partial charge in [-0.25, -0.2) is 0 Å². The average molecular weight is 316 g/mol. The van der Waals surface area contributed by atoms with E-state index in [1.807, 2.05) is 6.07 Å². The number of rotatable bonds is 2. The largest absolute Gasteiger partial charge is 0.495 e. The molecule has 0 aliphatic rings. The zero-order valence-corrected chi connectivity index (χ0v) is 12.6. The summed E-state index contributed by atoms with van der Waals surface area (Å²) in [6.45, 7) is 0. The molecule has 0 saturated carbocycles. The summed E-state index contributed by atoms with van der Waals surface area (Å²) in [6, 6.07) is 12.9. The Bertz CT molecular complexity index is 936. The van der Waals surface area contributed by atoms with Gasteiger partial charge in [-0.05, 0) is 42.5 Å². The lowest BCUT2D eigenvalue weighted by molar-refractivity contribution is 0.413. The van der Waals surface area contributed by atoms with Crippen molar-refractivity contribution in [3.8, 4) is 17.5 Å². The molecule has 0 fully saturated rings. The van der Waals surface area contributed by atoms with Crippen molar-refractivity contribution < 1.29 is 4.74 Å². The molecule has 0 atom stereocenters. The molecule has 0 spiro atoms. The molecule has 1 N–H and O–H groups in total. The molecule has 6 heteroatoms. The van der Waals surface area contributed by atoms with Gasteiger partial charge in [0.25, 0.3) is 0 Å². The molecular weight excluding hydrogens is 306 g/mol. The highest BCUT2D eigenvalue weighted by atomic mass is 35.5. The van der Waals surface area contributed by atoms with Crippen LogP contribution in [0.4, 0.5) is 0 Å². The van der Waals surface area contributed by atoms with Crippen molar-refractivity contribution in [3.63, 3.8) is 0 Å². The lowest BCUT2D eigenvalue weighted by atomic mass is 10.1. The van der Waals surface area contributed by atoms with Crippen LogP contribution in [0.25, 0.3) is 16.7 Å². The van der Waals surface area contributed by atoms with Gasteiger partial charge in [-0.1, -0.05) is 17.7 Å². The zero-order chi connectivity index (χ0) is 15.0. The number of nitrogens with one attached hydrogen (secondary N) is 1. The second kappa shape index (κ2) is 5.24. The lowest BCUT2D eigenvalue weighted by Gasteiger charge is -2.12. The number of ether oxygens (including phenoxy) is 1. The first-order chi connectivity index (χ1) is 10.2. The van der Waals surface area contributed by atoms with Crippen LogP contribution < -0.4 is 4.74 Å². The third kappa shape index (κ3) is 2.19. The van der Waals surface area contributed by atoms with E-state index in [2.05, 4.69) is 11.1 Å². The number of aromatic nitrogens is 2. The number of methoxy groups -OCH3 is 1. The van der Waals surface area contributed by atoms with Crippen LogP contribution in [0.3, 0.4) is 0 Å². The molecule has 104 valence electrons. The van der Waals surface area contributed by atoms with E-state index >= 15 is 0 Å². The van der Waals surface area contributed by atoms with Crippen molar-refractivity contribution in [2.75, 3.05) is 7.11 Å². The maximum Gasteiger partial charge on any atom is 0.182 e. The van der Waals surface area contributed by atoms with Crippen molar-refractivity contribution in [1.29, 1.82) is 5.26 Å². The number of H-pyrrole nitrogens is 1. The van der Waals surface area contributed by atoms with Gasteiger partial charge in [-0.2, -0.15) is 5.26 Å². The molecule has 1 aromatic heterocycles. The molecule has 0 amide bonds. The minimum absolute atomic E-state index is 0.480. The van der Waals surface area contributed by atoms with Crippen LogP contribution in [-0.4, -0.2) is 16.7 Å². The van der Waals surface area contributed by atoms with Gasteiger partial charge in [-0.15, -0.1) is 0 Å². The first-order valence-corrected chi connectivity index (χ1v) is 6.92. The number of nitriles is 1. The minimum atomic E-state index is 0.480. The van der Waals surface area contributed by atoms with Crippen molar-refractivity contribution in [2.24, 2.45) is 0 Å². The van der Waals surface area contributed by atoms with Gasteiger partial charge in [0.1, 0.15) is 17.5 Å². The molecular formula is C15H10ClN3OS. The van der Waals surface area contributed by atoms with E-state index in [-0.39, 0.29) is 0 Å². The third-order valence-electron chi connectivity index (χ3n) is 3.21. The Morgan fingerprint density at radius 1 is 1.33 bits per heavy atom. The summed E-state index contributed by atoms with van der Waals surface area (Å²) in [6.07, 6.45) is 0. The van der Waals surface area contributed by atoms with Crippen LogP contribution in [0.2, 0.25) is 5.02 Å². The van der Waals surface area contributed by atoms with E-state index in [0.717, 1.165) is 11.0 Å². The summed E-state index contributed by atoms with van der Waals surface area (Å²) in [4.78, 5) is 3.10. The van der Waals surface area contributed by atoms with Crippen LogP contribution in [0.1, 0.15) is 5.56 Å². The Morgan fingerprint density at radius 2 is 2.14 bits per heavy atom. The first-order valence-electron chi connectivity index (χ1n) is 6.13. The molecule has 3 rings (SSSR count). The number of para-hydroxylation sites is 1. The van der Waals surface area contributed by atoms with Crippen LogP contribution in [0.15, 0.2) is 36.4 Å². The van der Waals surface area contributed by atoms with Gasteiger partial charge in [0.2, 0.25) is 0 Å². The van der Waals surface area contributed by atoms with Crippen molar-refractivity contribution in [3.05, 3.63) is 51.8 Å². The summed E-state index contributed by atoms with van der Waals surface area (Å²) >= 11 is 11.4. The smallest absolute Gasteiger partial charge is 0.182 e. The third-order valence-corrected chi connectivity index (χ3v) is 3.73. The summed E-state index contributed by atoms with van der Waals surface area (Å²) in [5.74, 6) is 0.584. The van der Waals surface area contributed by atoms with Gasteiger partial charge < -0.3 is 9.72 Å². The van der Waals surface area contributed by atoms with Crippen molar-refractivity contribution >= 4 is 34.9 Å². The number of fused-ring (bicyclic) bond motifs is 1. The normalized spacial score (nSPS) is 10.5. The van der Waals surface area contributed by atoms with E-state index in [4.69, 9.17) is 28.6 Å². The van der Waals surface area contributed by atoms with E-state index in [9.17, 15) is 5.26 Å². The fourth-order valence-electron chi connectivity index (χ4n) is 2.31. The first kappa shape index (κ1) is 13.7. The standard InChI is InChI=1S/C15H10ClN3OS/c1-20-13-4-2-3-9(8-17)14(13)19-12-6-5-10(16)7-11(12)18-15(19)21/h2-7H,1H3,(H,18,21). The summed E-state index contributed by atoms with van der Waals surface area (Å²) in [5.41, 5.74) is 2.76. The fraction of sp³-hybridized carbons (Fsp3) is 0.0667. The number of hydrogen-bond acceptors (Lipinski definition) is 3. The molecule has 0 radical (unpaired) electrons. The molecule has 1 heterocycles. The Labute approximate surface area is 131 Å². The molecule has 3 aromatic rings. The molecule has 0 saturated heterocycles. The van der Waals surface area contributed by atoms with Crippen LogP contribution >= 0.6 is 23.8 Å². The molecule has 2 aromatic carbocycles. The summed E-state index contributed by atoms with van der Waals surface area (Å²) in [5, 5.41) is 9.98. The SMILES string of the molecule is COc1cccc(C#N)c1-n1c(=S)[nH]c2cc(Cl)ccc21. The van der Waals surface area contributed by atoms with E-state index in [0.29, 0.717) is 26.8 Å². The van der Waals surface area contributed by atoms with E-state index in [1.54, 1.807) is 42.0 Å². The van der Waals surface area contributed by atoms with Crippen LogP contribution in [0.5, 0.6) is 5.75 Å². The maximum absolute atomic E-state index is 9.36. The van der Waals surface area contributed by atoms with E-state index in [1.165, 1.54) is 0 Å². The lowest BCUT2D eigenvalue weighted by Crippen LogP contribution is -2.01. The highest BCUT2D eigenvalue weighted by Crippen LogP contribution is 2.30. The van der Waals surface area contributed by atoms with Gasteiger partial charge in [0, 0.05) is 5.02 Å². The van der Waals surface area contributed by atoms with Crippen LogP contribution in [-0.2, 0) is 0 Å².